The molecule has 0 bridgehead atoms. The van der Waals surface area contributed by atoms with Gasteiger partial charge in [0.2, 0.25) is 10.0 Å². The molecule has 1 saturated heterocycles. The van der Waals surface area contributed by atoms with Crippen molar-refractivity contribution in [1.29, 1.82) is 0 Å². The lowest BCUT2D eigenvalue weighted by molar-refractivity contribution is 0.185. The zero-order chi connectivity index (χ0) is 16.2. The zero-order valence-electron chi connectivity index (χ0n) is 12.4. The summed E-state index contributed by atoms with van der Waals surface area (Å²) in [6.45, 7) is 3.85. The molecule has 1 aliphatic rings. The van der Waals surface area contributed by atoms with Gasteiger partial charge in [0.05, 0.1) is 17.5 Å². The van der Waals surface area contributed by atoms with E-state index in [1.807, 2.05) is 6.92 Å². The Balaban J connectivity index is 1.85. The minimum atomic E-state index is -3.70. The first kappa shape index (κ1) is 16.7. The van der Waals surface area contributed by atoms with Crippen LogP contribution in [0.2, 0.25) is 0 Å². The third kappa shape index (κ3) is 4.69. The van der Waals surface area contributed by atoms with Gasteiger partial charge in [0.25, 0.3) is 0 Å². The van der Waals surface area contributed by atoms with E-state index in [2.05, 4.69) is 10.6 Å². The molecule has 1 aromatic rings. The maximum Gasteiger partial charge on any atom is 0.315 e. The maximum absolute atomic E-state index is 11.8. The van der Waals surface area contributed by atoms with Crippen LogP contribution < -0.4 is 15.8 Å². The first-order chi connectivity index (χ1) is 10.4. The predicted octanol–water partition coefficient (Wildman–Crippen LogP) is 0.731. The van der Waals surface area contributed by atoms with Crippen molar-refractivity contribution in [2.24, 2.45) is 11.1 Å². The van der Waals surface area contributed by atoms with E-state index in [4.69, 9.17) is 9.88 Å². The highest BCUT2D eigenvalue weighted by Crippen LogP contribution is 2.15. The number of urea groups is 1. The highest BCUT2D eigenvalue weighted by atomic mass is 32.2. The summed E-state index contributed by atoms with van der Waals surface area (Å²) in [6, 6.07) is 5.63. The Morgan fingerprint density at radius 1 is 1.41 bits per heavy atom. The number of ether oxygens (including phenoxy) is 1. The number of primary sulfonamides is 1. The maximum atomic E-state index is 11.8. The second-order valence-corrected chi connectivity index (χ2v) is 6.98. The van der Waals surface area contributed by atoms with Crippen molar-refractivity contribution in [3.63, 3.8) is 0 Å². The third-order valence-electron chi connectivity index (χ3n) is 3.63. The molecule has 0 spiro atoms. The lowest BCUT2D eigenvalue weighted by Crippen LogP contribution is -2.39. The van der Waals surface area contributed by atoms with Gasteiger partial charge >= 0.3 is 6.03 Å². The fourth-order valence-electron chi connectivity index (χ4n) is 2.26. The number of amides is 2. The summed E-state index contributed by atoms with van der Waals surface area (Å²) < 4.78 is 27.6. The molecule has 0 saturated carbocycles. The average molecular weight is 327 g/mol. The van der Waals surface area contributed by atoms with Crippen LogP contribution in [0.5, 0.6) is 0 Å². The Hall–Kier alpha value is -1.64. The number of hydrogen-bond acceptors (Lipinski definition) is 4. The zero-order valence-corrected chi connectivity index (χ0v) is 13.2. The molecule has 0 radical (unpaired) electrons. The Bertz CT molecular complexity index is 609. The van der Waals surface area contributed by atoms with E-state index in [-0.39, 0.29) is 17.0 Å². The van der Waals surface area contributed by atoms with Gasteiger partial charge in [0.1, 0.15) is 0 Å². The smallest absolute Gasteiger partial charge is 0.315 e. The number of nitrogens with one attached hydrogen (secondary N) is 2. The van der Waals surface area contributed by atoms with E-state index in [1.165, 1.54) is 12.1 Å². The van der Waals surface area contributed by atoms with Gasteiger partial charge in [-0.3, -0.25) is 0 Å². The van der Waals surface area contributed by atoms with Crippen LogP contribution in [0.25, 0.3) is 0 Å². The van der Waals surface area contributed by atoms with Crippen LogP contribution in [0.3, 0.4) is 0 Å². The third-order valence-corrected chi connectivity index (χ3v) is 4.56. The molecule has 0 unspecified atom stereocenters. The minimum absolute atomic E-state index is 0.0501. The molecule has 2 amide bonds. The predicted molar refractivity (Wildman–Crippen MR) is 81.7 cm³/mol. The highest BCUT2D eigenvalue weighted by Gasteiger charge is 2.17. The fourth-order valence-corrected chi connectivity index (χ4v) is 2.77. The Labute approximate surface area is 130 Å². The normalized spacial score (nSPS) is 19.6. The number of carbonyl (C=O) groups excluding carboxylic acids is 1. The van der Waals surface area contributed by atoms with Crippen LogP contribution in [0, 0.1) is 5.92 Å². The first-order valence-corrected chi connectivity index (χ1v) is 8.66. The van der Waals surface area contributed by atoms with Gasteiger partial charge < -0.3 is 15.4 Å². The van der Waals surface area contributed by atoms with Crippen molar-refractivity contribution >= 4 is 16.1 Å². The van der Waals surface area contributed by atoms with Gasteiger partial charge in [-0.1, -0.05) is 12.1 Å². The molecule has 122 valence electrons. The fraction of sp³-hybridized carbons (Fsp3) is 0.500. The second-order valence-electron chi connectivity index (χ2n) is 5.42. The summed E-state index contributed by atoms with van der Waals surface area (Å²) in [4.78, 5) is 11.9. The number of carbonyl (C=O) groups is 1. The van der Waals surface area contributed by atoms with E-state index in [9.17, 15) is 13.2 Å². The van der Waals surface area contributed by atoms with Crippen molar-refractivity contribution < 1.29 is 17.9 Å². The number of nitrogens with two attached hydrogens (primary N) is 1. The van der Waals surface area contributed by atoms with Crippen molar-refractivity contribution in [2.75, 3.05) is 19.8 Å². The van der Waals surface area contributed by atoms with E-state index in [1.54, 1.807) is 12.1 Å². The number of rotatable bonds is 5. The van der Waals surface area contributed by atoms with Gasteiger partial charge in [-0.15, -0.1) is 0 Å². The van der Waals surface area contributed by atoms with Gasteiger partial charge in [-0.25, -0.2) is 18.4 Å². The van der Waals surface area contributed by atoms with Crippen LogP contribution >= 0.6 is 0 Å². The highest BCUT2D eigenvalue weighted by molar-refractivity contribution is 7.89. The van der Waals surface area contributed by atoms with E-state index in [0.29, 0.717) is 19.1 Å². The van der Waals surface area contributed by atoms with Gasteiger partial charge in [-0.2, -0.15) is 0 Å². The number of benzene rings is 1. The van der Waals surface area contributed by atoms with Gasteiger partial charge in [0.15, 0.2) is 0 Å². The monoisotopic (exact) mass is 327 g/mol. The first-order valence-electron chi connectivity index (χ1n) is 7.11. The summed E-state index contributed by atoms with van der Waals surface area (Å²) >= 11 is 0. The molecule has 0 aromatic heterocycles. The molecule has 1 heterocycles. The van der Waals surface area contributed by atoms with E-state index >= 15 is 0 Å². The minimum Gasteiger partial charge on any atom is -0.381 e. The van der Waals surface area contributed by atoms with Crippen LogP contribution in [-0.4, -0.2) is 34.2 Å². The van der Waals surface area contributed by atoms with Crippen molar-refractivity contribution in [3.05, 3.63) is 29.8 Å². The largest absolute Gasteiger partial charge is 0.381 e. The molecule has 2 rings (SSSR count). The summed E-state index contributed by atoms with van der Waals surface area (Å²) in [6.07, 6.45) is 0.963. The SMILES string of the molecule is C[C@@H](NC(=O)NC[C@H]1CCOC1)c1ccc(S(N)(=O)=O)cc1. The Morgan fingerprint density at radius 2 is 2.09 bits per heavy atom. The van der Waals surface area contributed by atoms with Gasteiger partial charge in [-0.05, 0) is 31.0 Å². The summed E-state index contributed by atoms with van der Waals surface area (Å²) in [5.74, 6) is 0.370. The lowest BCUT2D eigenvalue weighted by atomic mass is 10.1. The molecular weight excluding hydrogens is 306 g/mol. The standard InChI is InChI=1S/C14H21N3O4S/c1-10(12-2-4-13(5-3-12)22(15,19)20)17-14(18)16-8-11-6-7-21-9-11/h2-5,10-11H,6-9H2,1H3,(H2,15,19,20)(H2,16,17,18)/t10-,11-/m1/s1. The molecule has 1 aromatic carbocycles. The molecule has 1 fully saturated rings. The molecule has 4 N–H and O–H groups in total. The molecule has 7 nitrogen and oxygen atoms in total. The van der Waals surface area contributed by atoms with Crippen molar-refractivity contribution in [2.45, 2.75) is 24.3 Å². The van der Waals surface area contributed by atoms with Crippen molar-refractivity contribution in [1.82, 2.24) is 10.6 Å². The number of sulfonamides is 1. The quantitative estimate of drug-likeness (QED) is 0.740. The van der Waals surface area contributed by atoms with Gasteiger partial charge in [0, 0.05) is 19.1 Å². The van der Waals surface area contributed by atoms with Crippen LogP contribution in [0.15, 0.2) is 29.2 Å². The van der Waals surface area contributed by atoms with Crippen molar-refractivity contribution in [3.8, 4) is 0 Å². The summed E-state index contributed by atoms with van der Waals surface area (Å²) in [5, 5.41) is 10.7. The van der Waals surface area contributed by atoms with E-state index < -0.39 is 10.0 Å². The molecule has 8 heteroatoms. The molecule has 1 aliphatic heterocycles. The summed E-state index contributed by atoms with van der Waals surface area (Å²) in [5.41, 5.74) is 0.798. The Morgan fingerprint density at radius 3 is 2.64 bits per heavy atom. The lowest BCUT2D eigenvalue weighted by Gasteiger charge is -2.16. The number of hydrogen-bond donors (Lipinski definition) is 3. The topological polar surface area (TPSA) is 111 Å². The summed E-state index contributed by atoms with van der Waals surface area (Å²) in [7, 11) is -3.70. The molecule has 2 atom stereocenters. The second kappa shape index (κ2) is 7.08. The van der Waals surface area contributed by atoms with Crippen LogP contribution in [0.4, 0.5) is 4.79 Å². The Kier molecular flexibility index (Phi) is 5.38. The molecule has 22 heavy (non-hydrogen) atoms. The van der Waals surface area contributed by atoms with Crippen LogP contribution in [-0.2, 0) is 14.8 Å². The molecule has 0 aliphatic carbocycles. The average Bonchev–Trinajstić information content (AvgIpc) is 2.97. The van der Waals surface area contributed by atoms with Crippen LogP contribution in [0.1, 0.15) is 24.9 Å². The molecular formula is C14H21N3O4S. The van der Waals surface area contributed by atoms with E-state index in [0.717, 1.165) is 18.6 Å².